The summed E-state index contributed by atoms with van der Waals surface area (Å²) in [6.07, 6.45) is 1.29. The van der Waals surface area contributed by atoms with E-state index in [1.165, 1.54) is 18.2 Å². The predicted octanol–water partition coefficient (Wildman–Crippen LogP) is 3.09. The molecular weight excluding hydrogens is 436 g/mol. The molecule has 2 N–H and O–H groups in total. The number of rotatable bonds is 4. The van der Waals surface area contributed by atoms with Crippen molar-refractivity contribution in [1.82, 2.24) is 9.97 Å². The number of aryl methyl sites for hydroxylation is 1. The van der Waals surface area contributed by atoms with E-state index >= 15 is 4.39 Å². The molecule has 32 heavy (non-hydrogen) atoms. The molecule has 2 aliphatic rings. The van der Waals surface area contributed by atoms with E-state index in [9.17, 15) is 13.4 Å². The summed E-state index contributed by atoms with van der Waals surface area (Å²) in [5.41, 5.74) is 5.75. The van der Waals surface area contributed by atoms with Crippen molar-refractivity contribution in [2.75, 3.05) is 6.54 Å². The number of hydrogen-bond acceptors (Lipinski definition) is 7. The van der Waals surface area contributed by atoms with Gasteiger partial charge in [-0.1, -0.05) is 0 Å². The zero-order valence-corrected chi connectivity index (χ0v) is 19.2. The zero-order valence-electron chi connectivity index (χ0n) is 18.4. The minimum absolute atomic E-state index is 0.0140. The fourth-order valence-corrected chi connectivity index (χ4v) is 7.64. The molecule has 10 heteroatoms. The average molecular weight is 462 g/mol. The highest BCUT2D eigenvalue weighted by molar-refractivity contribution is 7.96. The van der Waals surface area contributed by atoms with Crippen LogP contribution in [0.4, 0.5) is 8.78 Å². The van der Waals surface area contributed by atoms with Crippen molar-refractivity contribution in [3.8, 4) is 0 Å². The van der Waals surface area contributed by atoms with Gasteiger partial charge in [0.05, 0.1) is 27.6 Å². The second kappa shape index (κ2) is 7.40. The number of nitrogens with two attached hydrogens (primary N) is 1. The number of carbonyl (C=O) groups excluding carboxylic acids is 1. The van der Waals surface area contributed by atoms with Crippen molar-refractivity contribution in [2.45, 2.75) is 56.1 Å². The van der Waals surface area contributed by atoms with Crippen LogP contribution in [-0.4, -0.2) is 42.3 Å². The van der Waals surface area contributed by atoms with Crippen LogP contribution in [0.3, 0.4) is 0 Å². The van der Waals surface area contributed by atoms with Gasteiger partial charge >= 0.3 is 0 Å². The van der Waals surface area contributed by atoms with E-state index < -0.39 is 36.9 Å². The lowest BCUT2D eigenvalue weighted by Gasteiger charge is -2.44. The summed E-state index contributed by atoms with van der Waals surface area (Å²) in [5.74, 6) is -1.38. The number of carbonyl (C=O) groups is 1. The Kier molecular flexibility index (Phi) is 5.19. The molecule has 0 spiro atoms. The predicted molar refractivity (Wildman–Crippen MR) is 118 cm³/mol. The molecule has 170 valence electrons. The highest BCUT2D eigenvalue weighted by atomic mass is 32.2. The number of halogens is 2. The second-order valence-electron chi connectivity index (χ2n) is 8.91. The zero-order chi connectivity index (χ0) is 23.5. The summed E-state index contributed by atoms with van der Waals surface area (Å²) in [4.78, 5) is 25.7. The highest BCUT2D eigenvalue weighted by Gasteiger charge is 2.57. The third-order valence-corrected chi connectivity index (χ3v) is 10.1. The number of aromatic nitrogens is 2. The van der Waals surface area contributed by atoms with Crippen LogP contribution >= 0.6 is 0 Å². The number of aliphatic imine (C=N–C) groups is 1. The second-order valence-corrected chi connectivity index (χ2v) is 11.9. The maximum atomic E-state index is 15.0. The smallest absolute Gasteiger partial charge is 0.187 e. The van der Waals surface area contributed by atoms with Crippen molar-refractivity contribution in [2.24, 2.45) is 15.1 Å². The maximum absolute atomic E-state index is 15.0. The Labute approximate surface area is 185 Å². The van der Waals surface area contributed by atoms with Gasteiger partial charge in [0.15, 0.2) is 5.78 Å². The van der Waals surface area contributed by atoms with Crippen molar-refractivity contribution in [3.63, 3.8) is 0 Å². The van der Waals surface area contributed by atoms with E-state index in [1.54, 1.807) is 27.7 Å². The number of hydrogen-bond donors (Lipinski definition) is 1. The van der Waals surface area contributed by atoms with Crippen LogP contribution in [0.2, 0.25) is 0 Å². The molecule has 0 amide bonds. The van der Waals surface area contributed by atoms with E-state index in [2.05, 4.69) is 19.3 Å². The van der Waals surface area contributed by atoms with Crippen molar-refractivity contribution < 1.29 is 17.8 Å². The molecule has 2 aliphatic heterocycles. The standard InChI is InChI=1S/C22H25F2N5O2S/c1-12-9-13(23)11-26-18(12)16(30)10-14-5-6-15(24)19(28-14)22(4)17-7-8-27-32(17,31)21(2,3)20(25)29-22/h5-6,9,11,17H,7-8,10H2,1-4H3,(H2,25,29)/t17-,22-,32+/m0/s1. The molecule has 0 bridgehead atoms. The van der Waals surface area contributed by atoms with Gasteiger partial charge < -0.3 is 5.73 Å². The Balaban J connectivity index is 1.76. The van der Waals surface area contributed by atoms with Gasteiger partial charge in [-0.2, -0.15) is 0 Å². The molecule has 4 heterocycles. The van der Waals surface area contributed by atoms with E-state index in [4.69, 9.17) is 5.73 Å². The molecule has 0 saturated carbocycles. The van der Waals surface area contributed by atoms with Gasteiger partial charge in [-0.05, 0) is 57.9 Å². The summed E-state index contributed by atoms with van der Waals surface area (Å²) < 4.78 is 45.7. The lowest BCUT2D eigenvalue weighted by molar-refractivity contribution is 0.0986. The largest absolute Gasteiger partial charge is 0.386 e. The van der Waals surface area contributed by atoms with Crippen LogP contribution in [0, 0.1) is 18.6 Å². The van der Waals surface area contributed by atoms with E-state index in [1.807, 2.05) is 0 Å². The first-order valence-electron chi connectivity index (χ1n) is 10.3. The molecule has 0 saturated heterocycles. The van der Waals surface area contributed by atoms with E-state index in [0.29, 0.717) is 24.2 Å². The van der Waals surface area contributed by atoms with E-state index in [0.717, 1.165) is 6.20 Å². The van der Waals surface area contributed by atoms with Crippen LogP contribution in [-0.2, 0) is 21.7 Å². The molecule has 0 aliphatic carbocycles. The van der Waals surface area contributed by atoms with Crippen LogP contribution in [0.15, 0.2) is 33.8 Å². The number of pyridine rings is 2. The first-order chi connectivity index (χ1) is 14.9. The topological polar surface area (TPSA) is 111 Å². The van der Waals surface area contributed by atoms with Gasteiger partial charge in [0.2, 0.25) is 0 Å². The van der Waals surface area contributed by atoms with Crippen molar-refractivity contribution in [3.05, 3.63) is 58.7 Å². The van der Waals surface area contributed by atoms with E-state index in [-0.39, 0.29) is 29.4 Å². The monoisotopic (exact) mass is 461 g/mol. The first kappa shape index (κ1) is 22.4. The average Bonchev–Trinajstić information content (AvgIpc) is 3.13. The van der Waals surface area contributed by atoms with Gasteiger partial charge in [-0.25, -0.2) is 22.3 Å². The van der Waals surface area contributed by atoms with Gasteiger partial charge in [0.1, 0.15) is 39.1 Å². The highest BCUT2D eigenvalue weighted by Crippen LogP contribution is 2.47. The Morgan fingerprint density at radius 3 is 2.69 bits per heavy atom. The third kappa shape index (κ3) is 3.23. The lowest BCUT2D eigenvalue weighted by Crippen LogP contribution is -2.58. The van der Waals surface area contributed by atoms with Crippen LogP contribution < -0.4 is 5.73 Å². The van der Waals surface area contributed by atoms with Gasteiger partial charge in [0, 0.05) is 12.2 Å². The molecule has 0 radical (unpaired) electrons. The molecular formula is C22H25F2N5O2S. The minimum Gasteiger partial charge on any atom is -0.386 e. The molecule has 7 nitrogen and oxygen atoms in total. The van der Waals surface area contributed by atoms with Crippen LogP contribution in [0.1, 0.15) is 54.6 Å². The fourth-order valence-electron chi connectivity index (χ4n) is 4.49. The number of amidine groups is 1. The molecule has 0 aromatic carbocycles. The number of Topliss-reactive ketones (excluding diaryl/α,β-unsaturated/α-hetero) is 1. The molecule has 2 aromatic heterocycles. The Hall–Kier alpha value is -2.75. The van der Waals surface area contributed by atoms with Crippen molar-refractivity contribution in [1.29, 1.82) is 0 Å². The summed E-state index contributed by atoms with van der Waals surface area (Å²) in [5, 5.41) is -0.564. The maximum Gasteiger partial charge on any atom is 0.187 e. The quantitative estimate of drug-likeness (QED) is 0.704. The molecule has 2 aromatic rings. The number of ketones is 1. The summed E-state index contributed by atoms with van der Waals surface area (Å²) in [6.45, 7) is 7.12. The molecule has 0 fully saturated rings. The summed E-state index contributed by atoms with van der Waals surface area (Å²) >= 11 is 0. The van der Waals surface area contributed by atoms with Gasteiger partial charge in [-0.15, -0.1) is 0 Å². The molecule has 0 unspecified atom stereocenters. The van der Waals surface area contributed by atoms with Crippen LogP contribution in [0.5, 0.6) is 0 Å². The van der Waals surface area contributed by atoms with Crippen molar-refractivity contribution >= 4 is 21.3 Å². The van der Waals surface area contributed by atoms with Gasteiger partial charge in [-0.3, -0.25) is 14.8 Å². The normalized spacial score (nSPS) is 28.6. The SMILES string of the molecule is Cc1cc(F)cnc1C(=O)Cc1ccc(F)c([C@@]2(C)N=C(N)C(C)(C)[S@@]3(=O)=NCC[C@@H]23)n1. The van der Waals surface area contributed by atoms with Gasteiger partial charge in [0.25, 0.3) is 0 Å². The third-order valence-electron chi connectivity index (χ3n) is 6.42. The Morgan fingerprint density at radius 1 is 1.28 bits per heavy atom. The number of fused-ring (bicyclic) bond motifs is 1. The molecule has 4 rings (SSSR count). The first-order valence-corrected chi connectivity index (χ1v) is 11.9. The van der Waals surface area contributed by atoms with Crippen LogP contribution in [0.25, 0.3) is 0 Å². The Morgan fingerprint density at radius 2 is 2.00 bits per heavy atom. The summed E-state index contributed by atoms with van der Waals surface area (Å²) in [6, 6.07) is 3.86. The lowest BCUT2D eigenvalue weighted by atomic mass is 9.89. The fraction of sp³-hybridized carbons (Fsp3) is 0.455. The minimum atomic E-state index is -2.83. The number of nitrogens with zero attached hydrogens (tertiary/aromatic N) is 4. The Bertz CT molecular complexity index is 1280. The summed E-state index contributed by atoms with van der Waals surface area (Å²) in [7, 11) is -2.83. The molecule has 3 atom stereocenters.